The van der Waals surface area contributed by atoms with Gasteiger partial charge in [0.15, 0.2) is 11.5 Å². The predicted octanol–water partition coefficient (Wildman–Crippen LogP) is 3.39. The number of carbonyl (C=O) groups excluding carboxylic acids is 1. The second kappa shape index (κ2) is 6.42. The lowest BCUT2D eigenvalue weighted by Crippen LogP contribution is -2.44. The standard InChI is InChI=1S/C19H25NO3/c21-19(20-10-9-15-3-1-2-4-16(15)12-20)8-6-14-5-7-17-18(11-14)23-13-22-17/h5,7,11,15-16H,1-4,6,8-10,12-13H2/t15-,16+/m0/s1. The number of rotatable bonds is 3. The summed E-state index contributed by atoms with van der Waals surface area (Å²) >= 11 is 0. The summed E-state index contributed by atoms with van der Waals surface area (Å²) in [5, 5.41) is 0. The van der Waals surface area contributed by atoms with Gasteiger partial charge >= 0.3 is 0 Å². The Morgan fingerprint density at radius 2 is 1.91 bits per heavy atom. The number of hydrogen-bond acceptors (Lipinski definition) is 3. The van der Waals surface area contributed by atoms with E-state index in [1.165, 1.54) is 32.1 Å². The highest BCUT2D eigenvalue weighted by Gasteiger charge is 2.32. The third kappa shape index (κ3) is 3.17. The van der Waals surface area contributed by atoms with Crippen LogP contribution in [0, 0.1) is 11.8 Å². The summed E-state index contributed by atoms with van der Waals surface area (Å²) in [6, 6.07) is 5.98. The van der Waals surface area contributed by atoms with Gasteiger partial charge in [-0.1, -0.05) is 25.3 Å². The second-order valence-electron chi connectivity index (χ2n) is 7.12. The van der Waals surface area contributed by atoms with Crippen LogP contribution in [-0.4, -0.2) is 30.7 Å². The highest BCUT2D eigenvalue weighted by atomic mass is 16.7. The molecule has 1 saturated heterocycles. The maximum atomic E-state index is 12.5. The zero-order valence-corrected chi connectivity index (χ0v) is 13.6. The first-order valence-electron chi connectivity index (χ1n) is 8.96. The van der Waals surface area contributed by atoms with E-state index in [-0.39, 0.29) is 0 Å². The number of carbonyl (C=O) groups is 1. The van der Waals surface area contributed by atoms with E-state index in [0.29, 0.717) is 19.1 Å². The Kier molecular flexibility index (Phi) is 4.15. The van der Waals surface area contributed by atoms with Crippen LogP contribution >= 0.6 is 0 Å². The lowest BCUT2D eigenvalue weighted by atomic mass is 9.75. The van der Waals surface area contributed by atoms with Gasteiger partial charge in [-0.25, -0.2) is 0 Å². The third-order valence-corrected chi connectivity index (χ3v) is 5.71. The van der Waals surface area contributed by atoms with Crippen LogP contribution in [-0.2, 0) is 11.2 Å². The third-order valence-electron chi connectivity index (χ3n) is 5.71. The first-order valence-corrected chi connectivity index (χ1v) is 8.96. The van der Waals surface area contributed by atoms with Crippen molar-refractivity contribution in [1.82, 2.24) is 4.90 Å². The van der Waals surface area contributed by atoms with Gasteiger partial charge in [-0.15, -0.1) is 0 Å². The largest absolute Gasteiger partial charge is 0.454 e. The van der Waals surface area contributed by atoms with Crippen molar-refractivity contribution in [2.75, 3.05) is 19.9 Å². The summed E-state index contributed by atoms with van der Waals surface area (Å²) in [5.41, 5.74) is 1.15. The van der Waals surface area contributed by atoms with Gasteiger partial charge in [0, 0.05) is 19.5 Å². The number of fused-ring (bicyclic) bond motifs is 2. The van der Waals surface area contributed by atoms with E-state index in [4.69, 9.17) is 9.47 Å². The average molecular weight is 315 g/mol. The smallest absolute Gasteiger partial charge is 0.231 e. The normalized spacial score (nSPS) is 26.0. The SMILES string of the molecule is O=C(CCc1ccc2c(c1)OCO2)N1CC[C@@H]2CCCC[C@@H]2C1. The molecule has 4 heteroatoms. The first-order chi connectivity index (χ1) is 11.3. The number of ether oxygens (including phenoxy) is 2. The molecule has 1 amide bonds. The van der Waals surface area contributed by atoms with Crippen molar-refractivity contribution < 1.29 is 14.3 Å². The maximum Gasteiger partial charge on any atom is 0.231 e. The lowest BCUT2D eigenvalue weighted by Gasteiger charge is -2.41. The maximum absolute atomic E-state index is 12.5. The van der Waals surface area contributed by atoms with Crippen LogP contribution < -0.4 is 9.47 Å². The van der Waals surface area contributed by atoms with Gasteiger partial charge < -0.3 is 14.4 Å². The Morgan fingerprint density at radius 3 is 2.83 bits per heavy atom. The molecule has 0 unspecified atom stereocenters. The Labute approximate surface area is 137 Å². The summed E-state index contributed by atoms with van der Waals surface area (Å²) in [6.45, 7) is 2.25. The van der Waals surface area contributed by atoms with E-state index in [0.717, 1.165) is 48.4 Å². The molecule has 0 aromatic heterocycles. The van der Waals surface area contributed by atoms with Crippen LogP contribution in [0.25, 0.3) is 0 Å². The van der Waals surface area contributed by atoms with Crippen molar-refractivity contribution in [1.29, 1.82) is 0 Å². The number of piperidine rings is 1. The molecule has 3 aliphatic rings. The van der Waals surface area contributed by atoms with Crippen molar-refractivity contribution in [3.8, 4) is 11.5 Å². The fraction of sp³-hybridized carbons (Fsp3) is 0.632. The topological polar surface area (TPSA) is 38.8 Å². The molecule has 4 rings (SSSR count). The lowest BCUT2D eigenvalue weighted by molar-refractivity contribution is -0.134. The van der Waals surface area contributed by atoms with E-state index in [9.17, 15) is 4.79 Å². The summed E-state index contributed by atoms with van der Waals surface area (Å²) < 4.78 is 10.7. The molecule has 0 radical (unpaired) electrons. The van der Waals surface area contributed by atoms with Gasteiger partial charge in [0.05, 0.1) is 0 Å². The van der Waals surface area contributed by atoms with Crippen molar-refractivity contribution in [3.63, 3.8) is 0 Å². The van der Waals surface area contributed by atoms with Crippen molar-refractivity contribution in [2.45, 2.75) is 44.9 Å². The van der Waals surface area contributed by atoms with Gasteiger partial charge in [0.1, 0.15) is 0 Å². The van der Waals surface area contributed by atoms with E-state index in [1.807, 2.05) is 18.2 Å². The van der Waals surface area contributed by atoms with Crippen LogP contribution in [0.1, 0.15) is 44.1 Å². The minimum Gasteiger partial charge on any atom is -0.454 e. The molecule has 0 bridgehead atoms. The molecule has 124 valence electrons. The number of hydrogen-bond donors (Lipinski definition) is 0. The second-order valence-corrected chi connectivity index (χ2v) is 7.12. The Hall–Kier alpha value is -1.71. The fourth-order valence-corrected chi connectivity index (χ4v) is 4.33. The number of likely N-dealkylation sites (tertiary alicyclic amines) is 1. The molecule has 1 aromatic rings. The highest BCUT2D eigenvalue weighted by Crippen LogP contribution is 2.36. The monoisotopic (exact) mass is 315 g/mol. The van der Waals surface area contributed by atoms with E-state index in [2.05, 4.69) is 4.90 Å². The molecule has 1 aromatic carbocycles. The average Bonchev–Trinajstić information content (AvgIpc) is 3.07. The van der Waals surface area contributed by atoms with E-state index >= 15 is 0 Å². The zero-order chi connectivity index (χ0) is 15.6. The molecule has 23 heavy (non-hydrogen) atoms. The van der Waals surface area contributed by atoms with Crippen molar-refractivity contribution >= 4 is 5.91 Å². The van der Waals surface area contributed by atoms with Gasteiger partial charge in [0.25, 0.3) is 0 Å². The van der Waals surface area contributed by atoms with Crippen molar-refractivity contribution in [3.05, 3.63) is 23.8 Å². The minimum atomic E-state index is 0.300. The summed E-state index contributed by atoms with van der Waals surface area (Å²) in [7, 11) is 0. The van der Waals surface area contributed by atoms with Crippen LogP contribution in [0.2, 0.25) is 0 Å². The molecular weight excluding hydrogens is 290 g/mol. The molecule has 2 atom stereocenters. The molecule has 0 N–H and O–H groups in total. The van der Waals surface area contributed by atoms with Crippen molar-refractivity contribution in [2.24, 2.45) is 11.8 Å². The first kappa shape index (κ1) is 14.9. The molecule has 2 aliphatic heterocycles. The Morgan fingerprint density at radius 1 is 1.09 bits per heavy atom. The van der Waals surface area contributed by atoms with Gasteiger partial charge in [0.2, 0.25) is 12.7 Å². The summed E-state index contributed by atoms with van der Waals surface area (Å²) in [6.07, 6.45) is 8.01. The number of benzene rings is 1. The van der Waals surface area contributed by atoms with Gasteiger partial charge in [-0.05, 0) is 48.8 Å². The fourth-order valence-electron chi connectivity index (χ4n) is 4.33. The molecule has 1 aliphatic carbocycles. The van der Waals surface area contributed by atoms with Crippen LogP contribution in [0.3, 0.4) is 0 Å². The Bertz CT molecular complexity index is 586. The number of aryl methyl sites for hydroxylation is 1. The predicted molar refractivity (Wildman–Crippen MR) is 87.5 cm³/mol. The molecule has 0 spiro atoms. The molecule has 2 fully saturated rings. The Balaban J connectivity index is 1.31. The molecule has 1 saturated carbocycles. The van der Waals surface area contributed by atoms with Gasteiger partial charge in [-0.2, -0.15) is 0 Å². The van der Waals surface area contributed by atoms with Crippen LogP contribution in [0.5, 0.6) is 11.5 Å². The van der Waals surface area contributed by atoms with E-state index < -0.39 is 0 Å². The summed E-state index contributed by atoms with van der Waals surface area (Å²) in [5.74, 6) is 3.55. The quantitative estimate of drug-likeness (QED) is 0.858. The summed E-state index contributed by atoms with van der Waals surface area (Å²) in [4.78, 5) is 14.7. The minimum absolute atomic E-state index is 0.300. The van der Waals surface area contributed by atoms with E-state index in [1.54, 1.807) is 0 Å². The molecule has 4 nitrogen and oxygen atoms in total. The van der Waals surface area contributed by atoms with Gasteiger partial charge in [-0.3, -0.25) is 4.79 Å². The molecule has 2 heterocycles. The molecular formula is C19H25NO3. The number of amides is 1. The highest BCUT2D eigenvalue weighted by molar-refractivity contribution is 5.76. The van der Waals surface area contributed by atoms with Crippen LogP contribution in [0.4, 0.5) is 0 Å². The number of nitrogens with zero attached hydrogens (tertiary/aromatic N) is 1. The van der Waals surface area contributed by atoms with Crippen LogP contribution in [0.15, 0.2) is 18.2 Å². The zero-order valence-electron chi connectivity index (χ0n) is 13.6.